The van der Waals surface area contributed by atoms with E-state index in [4.69, 9.17) is 0 Å². The molecule has 4 nitrogen and oxygen atoms in total. The smallest absolute Gasteiger partial charge is 0.337 e. The van der Waals surface area contributed by atoms with Gasteiger partial charge >= 0.3 is 5.97 Å². The van der Waals surface area contributed by atoms with Crippen molar-refractivity contribution in [3.8, 4) is 6.07 Å². The maximum Gasteiger partial charge on any atom is 0.337 e. The highest BCUT2D eigenvalue weighted by Gasteiger charge is 2.21. The van der Waals surface area contributed by atoms with Crippen molar-refractivity contribution in [1.82, 2.24) is 0 Å². The van der Waals surface area contributed by atoms with Gasteiger partial charge in [0.15, 0.2) is 5.78 Å². The Kier molecular flexibility index (Phi) is 5.05. The van der Waals surface area contributed by atoms with Crippen LogP contribution in [0, 0.1) is 11.3 Å². The maximum absolute atomic E-state index is 12.4. The third kappa shape index (κ3) is 3.58. The van der Waals surface area contributed by atoms with Gasteiger partial charge in [-0.15, -0.1) is 0 Å². The Hall–Kier alpha value is -2.93. The summed E-state index contributed by atoms with van der Waals surface area (Å²) in [6, 6.07) is 17.7. The number of carbonyl (C=O) groups excluding carboxylic acids is 2. The van der Waals surface area contributed by atoms with Crippen molar-refractivity contribution < 1.29 is 14.3 Å². The van der Waals surface area contributed by atoms with Gasteiger partial charge in [0.2, 0.25) is 0 Å². The number of rotatable bonds is 5. The number of ether oxygens (including phenoxy) is 1. The van der Waals surface area contributed by atoms with E-state index in [0.717, 1.165) is 5.56 Å². The molecule has 0 aromatic heterocycles. The van der Waals surface area contributed by atoms with Gasteiger partial charge in [-0.3, -0.25) is 4.79 Å². The molecule has 0 aliphatic rings. The molecule has 2 aromatic carbocycles. The fourth-order valence-corrected chi connectivity index (χ4v) is 2.19. The number of hydrogen-bond donors (Lipinski definition) is 0. The summed E-state index contributed by atoms with van der Waals surface area (Å²) in [7, 11) is 1.29. The van der Waals surface area contributed by atoms with Crippen LogP contribution >= 0.6 is 0 Å². The van der Waals surface area contributed by atoms with Crippen molar-refractivity contribution in [2.75, 3.05) is 7.11 Å². The van der Waals surface area contributed by atoms with Crippen LogP contribution in [-0.2, 0) is 16.0 Å². The van der Waals surface area contributed by atoms with Crippen molar-refractivity contribution in [3.05, 3.63) is 71.3 Å². The van der Waals surface area contributed by atoms with Crippen LogP contribution in [0.15, 0.2) is 54.6 Å². The van der Waals surface area contributed by atoms with Crippen molar-refractivity contribution in [1.29, 1.82) is 5.26 Å². The van der Waals surface area contributed by atoms with Crippen molar-refractivity contribution in [2.45, 2.75) is 12.3 Å². The molecule has 22 heavy (non-hydrogen) atoms. The van der Waals surface area contributed by atoms with Crippen LogP contribution in [0.5, 0.6) is 0 Å². The number of benzene rings is 2. The molecule has 1 unspecified atom stereocenters. The molecular weight excluding hydrogens is 278 g/mol. The van der Waals surface area contributed by atoms with E-state index in [1.54, 1.807) is 18.2 Å². The Morgan fingerprint density at radius 3 is 2.50 bits per heavy atom. The zero-order valence-electron chi connectivity index (χ0n) is 12.2. The lowest BCUT2D eigenvalue weighted by Gasteiger charge is -2.10. The van der Waals surface area contributed by atoms with Crippen LogP contribution in [0.1, 0.15) is 27.4 Å². The molecule has 0 spiro atoms. The van der Waals surface area contributed by atoms with Gasteiger partial charge < -0.3 is 4.74 Å². The first-order chi connectivity index (χ1) is 10.7. The maximum atomic E-state index is 12.4. The number of nitriles is 1. The minimum absolute atomic E-state index is 0.182. The third-order valence-electron chi connectivity index (χ3n) is 3.31. The molecule has 0 saturated carbocycles. The monoisotopic (exact) mass is 293 g/mol. The van der Waals surface area contributed by atoms with Crippen LogP contribution < -0.4 is 0 Å². The summed E-state index contributed by atoms with van der Waals surface area (Å²) in [5, 5.41) is 9.33. The topological polar surface area (TPSA) is 67.2 Å². The van der Waals surface area contributed by atoms with Gasteiger partial charge in [0.25, 0.3) is 0 Å². The molecule has 0 amide bonds. The molecule has 0 aliphatic heterocycles. The molecule has 1 atom stereocenters. The fraction of sp³-hybridized carbons (Fsp3) is 0.167. The number of methoxy groups -OCH3 is 1. The third-order valence-corrected chi connectivity index (χ3v) is 3.31. The molecule has 0 aliphatic carbocycles. The van der Waals surface area contributed by atoms with Gasteiger partial charge in [-0.2, -0.15) is 5.26 Å². The molecule has 0 N–H and O–H groups in total. The van der Waals surface area contributed by atoms with E-state index < -0.39 is 11.9 Å². The average Bonchev–Trinajstić information content (AvgIpc) is 2.56. The Morgan fingerprint density at radius 1 is 1.14 bits per heavy atom. The van der Waals surface area contributed by atoms with Gasteiger partial charge in [-0.25, -0.2) is 4.79 Å². The highest BCUT2D eigenvalue weighted by Crippen LogP contribution is 2.20. The molecule has 2 rings (SSSR count). The van der Waals surface area contributed by atoms with E-state index in [0.29, 0.717) is 11.1 Å². The summed E-state index contributed by atoms with van der Waals surface area (Å²) >= 11 is 0. The van der Waals surface area contributed by atoms with Gasteiger partial charge in [0.1, 0.15) is 5.92 Å². The number of esters is 1. The number of Topliss-reactive ketones (excluding diaryl/α,β-unsaturated/α-hetero) is 1. The first-order valence-electron chi connectivity index (χ1n) is 6.80. The largest absolute Gasteiger partial charge is 0.465 e. The van der Waals surface area contributed by atoms with E-state index >= 15 is 0 Å². The van der Waals surface area contributed by atoms with Crippen molar-refractivity contribution >= 4 is 11.8 Å². The Balaban J connectivity index is 2.23. The summed E-state index contributed by atoms with van der Waals surface area (Å²) in [4.78, 5) is 23.9. The van der Waals surface area contributed by atoms with Gasteiger partial charge in [-0.1, -0.05) is 42.5 Å². The molecule has 110 valence electrons. The number of ketones is 1. The lowest BCUT2D eigenvalue weighted by atomic mass is 9.91. The van der Waals surface area contributed by atoms with E-state index in [1.165, 1.54) is 13.2 Å². The predicted octanol–water partition coefficient (Wildman–Crippen LogP) is 2.89. The number of hydrogen-bond acceptors (Lipinski definition) is 4. The van der Waals surface area contributed by atoms with Crippen molar-refractivity contribution in [2.24, 2.45) is 0 Å². The van der Waals surface area contributed by atoms with Crippen LogP contribution in [0.25, 0.3) is 0 Å². The Labute approximate surface area is 129 Å². The molecule has 0 saturated heterocycles. The molecule has 0 heterocycles. The van der Waals surface area contributed by atoms with Crippen molar-refractivity contribution in [3.63, 3.8) is 0 Å². The second-order valence-electron chi connectivity index (χ2n) is 4.81. The minimum Gasteiger partial charge on any atom is -0.465 e. The number of carbonyl (C=O) groups is 2. The van der Waals surface area contributed by atoms with Gasteiger partial charge in [0.05, 0.1) is 18.7 Å². The van der Waals surface area contributed by atoms with E-state index in [-0.39, 0.29) is 12.2 Å². The number of nitrogens with zero attached hydrogens (tertiary/aromatic N) is 1. The normalized spacial score (nSPS) is 11.3. The Morgan fingerprint density at radius 2 is 1.86 bits per heavy atom. The Bertz CT molecular complexity index is 717. The summed E-state index contributed by atoms with van der Waals surface area (Å²) in [6.07, 6.45) is 0.182. The standard InChI is InChI=1S/C18H15NO3/c1-22-18(21)15-9-5-8-14(11-15)16(12-19)17(20)10-13-6-3-2-4-7-13/h2-9,11,16H,10H2,1H3. The van der Waals surface area contributed by atoms with Gasteiger partial charge in [-0.05, 0) is 23.3 Å². The first kappa shape index (κ1) is 15.5. The first-order valence-corrected chi connectivity index (χ1v) is 6.80. The summed E-state index contributed by atoms with van der Waals surface area (Å²) in [5.74, 6) is -1.59. The van der Waals surface area contributed by atoms with E-state index in [9.17, 15) is 14.9 Å². The fourth-order valence-electron chi connectivity index (χ4n) is 2.19. The van der Waals surface area contributed by atoms with E-state index in [2.05, 4.69) is 4.74 Å². The lowest BCUT2D eigenvalue weighted by molar-refractivity contribution is -0.118. The second-order valence-corrected chi connectivity index (χ2v) is 4.81. The van der Waals surface area contributed by atoms with Crippen LogP contribution in [0.3, 0.4) is 0 Å². The minimum atomic E-state index is -0.898. The quantitative estimate of drug-likeness (QED) is 0.795. The second kappa shape index (κ2) is 7.19. The summed E-state index contributed by atoms with van der Waals surface area (Å²) in [5.41, 5.74) is 1.69. The zero-order valence-corrected chi connectivity index (χ0v) is 12.2. The zero-order chi connectivity index (χ0) is 15.9. The predicted molar refractivity (Wildman–Crippen MR) is 81.3 cm³/mol. The highest BCUT2D eigenvalue weighted by molar-refractivity contribution is 5.92. The SMILES string of the molecule is COC(=O)c1cccc(C(C#N)C(=O)Cc2ccccc2)c1. The average molecular weight is 293 g/mol. The molecule has 0 bridgehead atoms. The van der Waals surface area contributed by atoms with Crippen LogP contribution in [0.4, 0.5) is 0 Å². The van der Waals surface area contributed by atoms with Crippen LogP contribution in [0.2, 0.25) is 0 Å². The molecule has 2 aromatic rings. The summed E-state index contributed by atoms with van der Waals surface area (Å²) in [6.45, 7) is 0. The molecule has 4 heteroatoms. The van der Waals surface area contributed by atoms with E-state index in [1.807, 2.05) is 36.4 Å². The highest BCUT2D eigenvalue weighted by atomic mass is 16.5. The summed E-state index contributed by atoms with van der Waals surface area (Å²) < 4.78 is 4.65. The molecule has 0 radical (unpaired) electrons. The van der Waals surface area contributed by atoms with Crippen LogP contribution in [-0.4, -0.2) is 18.9 Å². The molecule has 0 fully saturated rings. The van der Waals surface area contributed by atoms with Gasteiger partial charge in [0, 0.05) is 6.42 Å². The lowest BCUT2D eigenvalue weighted by Crippen LogP contribution is -2.14. The molecular formula is C18H15NO3.